The van der Waals surface area contributed by atoms with E-state index in [1.54, 1.807) is 18.2 Å². The zero-order valence-corrected chi connectivity index (χ0v) is 11.6. The minimum absolute atomic E-state index is 0.0123. The lowest BCUT2D eigenvalue weighted by Crippen LogP contribution is -2.28. The van der Waals surface area contributed by atoms with Gasteiger partial charge in [0, 0.05) is 11.8 Å². The van der Waals surface area contributed by atoms with E-state index in [4.69, 9.17) is 10.2 Å². The first-order chi connectivity index (χ1) is 9.41. The van der Waals surface area contributed by atoms with Gasteiger partial charge in [-0.25, -0.2) is 8.42 Å². The molecule has 0 fully saturated rings. The number of carbonyl (C=O) groups excluding carboxylic acids is 1. The monoisotopic (exact) mass is 294 g/mol. The van der Waals surface area contributed by atoms with Crippen LogP contribution in [0.5, 0.6) is 0 Å². The van der Waals surface area contributed by atoms with Crippen LogP contribution in [0.3, 0.4) is 0 Å². The lowest BCUT2D eigenvalue weighted by Gasteiger charge is -2.01. The van der Waals surface area contributed by atoms with E-state index in [9.17, 15) is 13.2 Å². The van der Waals surface area contributed by atoms with Crippen molar-refractivity contribution in [1.29, 1.82) is 0 Å². The summed E-state index contributed by atoms with van der Waals surface area (Å²) < 4.78 is 28.4. The Morgan fingerprint density at radius 1 is 1.30 bits per heavy atom. The van der Waals surface area contributed by atoms with Crippen LogP contribution in [-0.4, -0.2) is 27.2 Å². The molecule has 2 aromatic rings. The third kappa shape index (κ3) is 3.06. The highest BCUT2D eigenvalue weighted by Gasteiger charge is 2.13. The molecule has 0 saturated heterocycles. The van der Waals surface area contributed by atoms with Crippen LogP contribution in [0.4, 0.5) is 0 Å². The second-order valence-electron chi connectivity index (χ2n) is 4.17. The molecule has 1 aromatic heterocycles. The van der Waals surface area contributed by atoms with E-state index in [1.165, 1.54) is 18.2 Å². The molecule has 3 N–H and O–H groups in total. The zero-order valence-electron chi connectivity index (χ0n) is 10.8. The molecule has 1 aromatic carbocycles. The molecule has 0 saturated carbocycles. The molecule has 7 heteroatoms. The van der Waals surface area contributed by atoms with Gasteiger partial charge in [0.1, 0.15) is 5.76 Å². The predicted molar refractivity (Wildman–Crippen MR) is 73.8 cm³/mol. The molecule has 0 bridgehead atoms. The molecule has 0 aliphatic carbocycles. The molecule has 1 heterocycles. The molecule has 0 aliphatic heterocycles. The van der Waals surface area contributed by atoms with Gasteiger partial charge in [0.2, 0.25) is 0 Å². The average molecular weight is 294 g/mol. The van der Waals surface area contributed by atoms with Gasteiger partial charge in [0.25, 0.3) is 5.91 Å². The number of rotatable bonds is 4. The molecular weight excluding hydrogens is 280 g/mol. The van der Waals surface area contributed by atoms with Crippen LogP contribution in [0.2, 0.25) is 0 Å². The number of benzene rings is 1. The number of hydrogen-bond donors (Lipinski definition) is 2. The molecule has 1 amide bonds. The molecule has 6 nitrogen and oxygen atoms in total. The first kappa shape index (κ1) is 14.3. The second-order valence-corrected chi connectivity index (χ2v) is 6.19. The van der Waals surface area contributed by atoms with Gasteiger partial charge in [-0.1, -0.05) is 12.1 Å². The predicted octanol–water partition coefficient (Wildman–Crippen LogP) is 0.996. The molecule has 0 atom stereocenters. The van der Waals surface area contributed by atoms with E-state index < -0.39 is 15.7 Å². The summed E-state index contributed by atoms with van der Waals surface area (Å²) in [6.45, 7) is 0.0123. The van der Waals surface area contributed by atoms with Crippen molar-refractivity contribution in [3.63, 3.8) is 0 Å². The highest BCUT2D eigenvalue weighted by molar-refractivity contribution is 7.90. The Kier molecular flexibility index (Phi) is 3.91. The summed E-state index contributed by atoms with van der Waals surface area (Å²) in [7, 11) is -3.29. The Labute approximate surface area is 116 Å². The smallest absolute Gasteiger partial charge is 0.287 e. The van der Waals surface area contributed by atoms with E-state index in [0.29, 0.717) is 11.3 Å². The molecule has 20 heavy (non-hydrogen) atoms. The summed E-state index contributed by atoms with van der Waals surface area (Å²) in [5, 5.41) is 2.41. The number of hydrogen-bond acceptors (Lipinski definition) is 5. The number of furan rings is 1. The summed E-state index contributed by atoms with van der Waals surface area (Å²) in [6.07, 6.45) is 1.13. The van der Waals surface area contributed by atoms with Crippen LogP contribution in [0.1, 0.15) is 10.6 Å². The summed E-state index contributed by atoms with van der Waals surface area (Å²) in [4.78, 5) is 11.7. The first-order valence-electron chi connectivity index (χ1n) is 5.80. The van der Waals surface area contributed by atoms with Crippen molar-refractivity contribution in [2.45, 2.75) is 4.90 Å². The number of amides is 1. The van der Waals surface area contributed by atoms with Gasteiger partial charge in [-0.15, -0.1) is 0 Å². The van der Waals surface area contributed by atoms with Crippen molar-refractivity contribution in [2.75, 3.05) is 12.9 Å². The van der Waals surface area contributed by atoms with Crippen molar-refractivity contribution >= 4 is 15.7 Å². The Morgan fingerprint density at radius 2 is 2.05 bits per heavy atom. The average Bonchev–Trinajstić information content (AvgIpc) is 2.88. The minimum atomic E-state index is -3.29. The van der Waals surface area contributed by atoms with Gasteiger partial charge in [-0.2, -0.15) is 0 Å². The third-order valence-electron chi connectivity index (χ3n) is 2.64. The van der Waals surface area contributed by atoms with Crippen molar-refractivity contribution in [3.8, 4) is 11.3 Å². The van der Waals surface area contributed by atoms with Crippen molar-refractivity contribution < 1.29 is 17.6 Å². The van der Waals surface area contributed by atoms with Gasteiger partial charge >= 0.3 is 0 Å². The molecular formula is C13H14N2O4S. The largest absolute Gasteiger partial charge is 0.451 e. The summed E-state index contributed by atoms with van der Waals surface area (Å²) >= 11 is 0. The zero-order chi connectivity index (χ0) is 14.8. The standard InChI is InChI=1S/C13H14N2O4S/c1-20(17,18)10-4-2-3-9(7-10)11-5-6-12(19-11)13(16)15-8-14/h2-7H,8,14H2,1H3,(H,15,16). The lowest BCUT2D eigenvalue weighted by atomic mass is 10.2. The van der Waals surface area contributed by atoms with Crippen molar-refractivity contribution in [2.24, 2.45) is 5.73 Å². The summed E-state index contributed by atoms with van der Waals surface area (Å²) in [6, 6.07) is 9.44. The van der Waals surface area contributed by atoms with Gasteiger partial charge in [0.05, 0.1) is 11.6 Å². The second kappa shape index (κ2) is 5.48. The van der Waals surface area contributed by atoms with Gasteiger partial charge < -0.3 is 15.5 Å². The highest BCUT2D eigenvalue weighted by Crippen LogP contribution is 2.24. The summed E-state index contributed by atoms with van der Waals surface area (Å²) in [5.74, 6) is 0.117. The summed E-state index contributed by atoms with van der Waals surface area (Å²) in [5.41, 5.74) is 5.80. The van der Waals surface area contributed by atoms with E-state index >= 15 is 0 Å². The number of carbonyl (C=O) groups is 1. The molecule has 0 aliphatic rings. The topological polar surface area (TPSA) is 102 Å². The van der Waals surface area contributed by atoms with Crippen LogP contribution in [0, 0.1) is 0 Å². The fraction of sp³-hybridized carbons (Fsp3) is 0.154. The molecule has 2 rings (SSSR count). The van der Waals surface area contributed by atoms with Gasteiger partial charge in [-0.3, -0.25) is 4.79 Å². The van der Waals surface area contributed by atoms with E-state index in [-0.39, 0.29) is 17.3 Å². The quantitative estimate of drug-likeness (QED) is 0.819. The maximum Gasteiger partial charge on any atom is 0.287 e. The van der Waals surface area contributed by atoms with Crippen molar-refractivity contribution in [3.05, 3.63) is 42.2 Å². The van der Waals surface area contributed by atoms with E-state index in [1.807, 2.05) is 0 Å². The number of nitrogens with one attached hydrogen (secondary N) is 1. The van der Waals surface area contributed by atoms with Crippen LogP contribution < -0.4 is 11.1 Å². The minimum Gasteiger partial charge on any atom is -0.451 e. The highest BCUT2D eigenvalue weighted by atomic mass is 32.2. The molecule has 0 radical (unpaired) electrons. The Morgan fingerprint density at radius 3 is 2.70 bits per heavy atom. The third-order valence-corrected chi connectivity index (χ3v) is 3.75. The van der Waals surface area contributed by atoms with E-state index in [2.05, 4.69) is 5.32 Å². The van der Waals surface area contributed by atoms with Crippen LogP contribution in [-0.2, 0) is 9.84 Å². The van der Waals surface area contributed by atoms with Gasteiger partial charge in [-0.05, 0) is 24.3 Å². The number of nitrogens with two attached hydrogens (primary N) is 1. The SMILES string of the molecule is CS(=O)(=O)c1cccc(-c2ccc(C(=O)NCN)o2)c1. The Hall–Kier alpha value is -2.12. The maximum atomic E-state index is 11.5. The Balaban J connectivity index is 2.36. The molecule has 0 spiro atoms. The first-order valence-corrected chi connectivity index (χ1v) is 7.69. The fourth-order valence-corrected chi connectivity index (χ4v) is 2.34. The lowest BCUT2D eigenvalue weighted by molar-refractivity contribution is 0.0928. The molecule has 0 unspecified atom stereocenters. The normalized spacial score (nSPS) is 11.3. The number of sulfone groups is 1. The van der Waals surface area contributed by atoms with E-state index in [0.717, 1.165) is 6.26 Å². The van der Waals surface area contributed by atoms with Crippen molar-refractivity contribution in [1.82, 2.24) is 5.32 Å². The van der Waals surface area contributed by atoms with Crippen LogP contribution in [0.15, 0.2) is 45.7 Å². The van der Waals surface area contributed by atoms with Gasteiger partial charge in [0.15, 0.2) is 15.6 Å². The van der Waals surface area contributed by atoms with Crippen LogP contribution in [0.25, 0.3) is 11.3 Å². The molecule has 106 valence electrons. The fourth-order valence-electron chi connectivity index (χ4n) is 1.67. The Bertz CT molecular complexity index is 734. The maximum absolute atomic E-state index is 11.5. The van der Waals surface area contributed by atoms with Crippen LogP contribution >= 0.6 is 0 Å².